The van der Waals surface area contributed by atoms with E-state index in [4.69, 9.17) is 0 Å². The van der Waals surface area contributed by atoms with Gasteiger partial charge >= 0.3 is 0 Å². The summed E-state index contributed by atoms with van der Waals surface area (Å²) < 4.78 is 39.5. The molecule has 0 aliphatic rings. The van der Waals surface area contributed by atoms with Crippen LogP contribution in [0.5, 0.6) is 0 Å². The first-order chi connectivity index (χ1) is 13.3. The summed E-state index contributed by atoms with van der Waals surface area (Å²) >= 11 is 0. The summed E-state index contributed by atoms with van der Waals surface area (Å²) in [6.45, 7) is 4.91. The van der Waals surface area contributed by atoms with Gasteiger partial charge in [0.15, 0.2) is 0 Å². The van der Waals surface area contributed by atoms with E-state index in [-0.39, 0.29) is 31.1 Å². The van der Waals surface area contributed by atoms with Gasteiger partial charge in [0.25, 0.3) is 12.3 Å². The first-order valence-electron chi connectivity index (χ1n) is 8.55. The number of aryl methyl sites for hydroxylation is 1. The van der Waals surface area contributed by atoms with Gasteiger partial charge in [0.2, 0.25) is 5.91 Å². The number of alkyl halides is 2. The third-order valence-corrected chi connectivity index (χ3v) is 3.97. The Bertz CT molecular complexity index is 851. The van der Waals surface area contributed by atoms with Crippen molar-refractivity contribution in [3.05, 3.63) is 65.8 Å². The molecule has 0 spiro atoms. The lowest BCUT2D eigenvalue weighted by atomic mass is 10.1. The predicted octanol–water partition coefficient (Wildman–Crippen LogP) is 2.54. The number of carbonyl (C=O) groups excluding carboxylic acids is 2. The molecule has 28 heavy (non-hydrogen) atoms. The topological polar surface area (TPSA) is 67.2 Å². The molecule has 1 N–H and O–H groups in total. The Morgan fingerprint density at radius 2 is 2.14 bits per heavy atom. The van der Waals surface area contributed by atoms with Crippen molar-refractivity contribution in [2.24, 2.45) is 0 Å². The van der Waals surface area contributed by atoms with Gasteiger partial charge < -0.3 is 10.2 Å². The second kappa shape index (κ2) is 9.72. The van der Waals surface area contributed by atoms with E-state index in [1.807, 2.05) is 0 Å². The molecular weight excluding hydrogens is 373 g/mol. The molecule has 1 aromatic carbocycles. The number of aromatic nitrogens is 2. The molecule has 2 amide bonds. The van der Waals surface area contributed by atoms with Crippen molar-refractivity contribution < 1.29 is 22.8 Å². The quantitative estimate of drug-likeness (QED) is 0.665. The van der Waals surface area contributed by atoms with Gasteiger partial charge in [0.1, 0.15) is 12.4 Å². The van der Waals surface area contributed by atoms with Crippen LogP contribution >= 0.6 is 0 Å². The molecule has 0 fully saturated rings. The molecule has 0 aliphatic carbocycles. The molecule has 2 aromatic rings. The first kappa shape index (κ1) is 21.2. The summed E-state index contributed by atoms with van der Waals surface area (Å²) in [6.07, 6.45) is 1.43. The Morgan fingerprint density at radius 3 is 2.79 bits per heavy atom. The molecule has 0 atom stereocenters. The lowest BCUT2D eigenvalue weighted by Crippen LogP contribution is -2.37. The van der Waals surface area contributed by atoms with Gasteiger partial charge in [-0.05, 0) is 30.7 Å². The largest absolute Gasteiger partial charge is 0.350 e. The van der Waals surface area contributed by atoms with Crippen molar-refractivity contribution >= 4 is 11.8 Å². The number of rotatable bonds is 9. The summed E-state index contributed by atoms with van der Waals surface area (Å²) in [5.41, 5.74) is 1.19. The van der Waals surface area contributed by atoms with Gasteiger partial charge in [-0.2, -0.15) is 5.10 Å². The van der Waals surface area contributed by atoms with E-state index in [9.17, 15) is 22.8 Å². The normalized spacial score (nSPS) is 10.8. The minimum atomic E-state index is -2.53. The molecule has 0 unspecified atom stereocenters. The molecule has 0 saturated carbocycles. The van der Waals surface area contributed by atoms with Crippen LogP contribution in [0.1, 0.15) is 21.5 Å². The fraction of sp³-hybridized carbons (Fsp3) is 0.316. The zero-order valence-electron chi connectivity index (χ0n) is 15.4. The van der Waals surface area contributed by atoms with Gasteiger partial charge in [-0.15, -0.1) is 0 Å². The third kappa shape index (κ3) is 5.97. The average molecular weight is 394 g/mol. The molecule has 0 radical (unpaired) electrons. The van der Waals surface area contributed by atoms with Crippen LogP contribution in [-0.4, -0.2) is 46.0 Å². The van der Waals surface area contributed by atoms with Crippen LogP contribution in [0, 0.1) is 12.7 Å². The van der Waals surface area contributed by atoms with Gasteiger partial charge in [0, 0.05) is 37.0 Å². The number of nitrogens with zero attached hydrogens (tertiary/aromatic N) is 3. The van der Waals surface area contributed by atoms with E-state index in [0.29, 0.717) is 11.1 Å². The Balaban J connectivity index is 1.94. The number of halogens is 3. The molecule has 0 bridgehead atoms. The maximum absolute atomic E-state index is 13.6. The second-order valence-corrected chi connectivity index (χ2v) is 6.15. The molecule has 1 heterocycles. The molecule has 0 aliphatic heterocycles. The lowest BCUT2D eigenvalue weighted by Gasteiger charge is -2.20. The van der Waals surface area contributed by atoms with Crippen molar-refractivity contribution in [2.45, 2.75) is 26.4 Å². The van der Waals surface area contributed by atoms with Crippen LogP contribution in [0.25, 0.3) is 0 Å². The van der Waals surface area contributed by atoms with Crippen LogP contribution in [0.4, 0.5) is 13.2 Å². The highest BCUT2D eigenvalue weighted by Gasteiger charge is 2.14. The Labute approximate surface area is 160 Å². The molecule has 9 heteroatoms. The maximum atomic E-state index is 13.6. The van der Waals surface area contributed by atoms with Crippen molar-refractivity contribution in [1.29, 1.82) is 0 Å². The van der Waals surface area contributed by atoms with E-state index in [0.717, 1.165) is 16.8 Å². The van der Waals surface area contributed by atoms with E-state index in [2.05, 4.69) is 17.0 Å². The SMILES string of the molecule is C=CC(=O)N(CCNC(=O)c1ccc(C)c(F)c1)Cc1cnn(CC(F)F)c1. The Kier molecular flexibility index (Phi) is 7.36. The van der Waals surface area contributed by atoms with Crippen molar-refractivity contribution in [3.8, 4) is 0 Å². The summed E-state index contributed by atoms with van der Waals surface area (Å²) in [6, 6.07) is 4.17. The van der Waals surface area contributed by atoms with Crippen LogP contribution in [0.2, 0.25) is 0 Å². The smallest absolute Gasteiger partial charge is 0.257 e. The highest BCUT2D eigenvalue weighted by atomic mass is 19.3. The zero-order valence-corrected chi connectivity index (χ0v) is 15.4. The lowest BCUT2D eigenvalue weighted by molar-refractivity contribution is -0.126. The van der Waals surface area contributed by atoms with Crippen LogP contribution in [-0.2, 0) is 17.9 Å². The average Bonchev–Trinajstić information content (AvgIpc) is 3.08. The molecule has 1 aromatic heterocycles. The first-order valence-corrected chi connectivity index (χ1v) is 8.55. The van der Waals surface area contributed by atoms with Gasteiger partial charge in [0.05, 0.1) is 6.20 Å². The third-order valence-electron chi connectivity index (χ3n) is 3.97. The van der Waals surface area contributed by atoms with Crippen LogP contribution in [0.3, 0.4) is 0 Å². The van der Waals surface area contributed by atoms with Crippen molar-refractivity contribution in [3.63, 3.8) is 0 Å². The second-order valence-electron chi connectivity index (χ2n) is 6.15. The van der Waals surface area contributed by atoms with E-state index >= 15 is 0 Å². The number of carbonyl (C=O) groups is 2. The summed E-state index contributed by atoms with van der Waals surface area (Å²) in [7, 11) is 0. The fourth-order valence-electron chi connectivity index (χ4n) is 2.49. The minimum Gasteiger partial charge on any atom is -0.350 e. The van der Waals surface area contributed by atoms with Gasteiger partial charge in [-0.3, -0.25) is 14.3 Å². The van der Waals surface area contributed by atoms with Crippen LogP contribution < -0.4 is 5.32 Å². The number of nitrogens with one attached hydrogen (secondary N) is 1. The van der Waals surface area contributed by atoms with E-state index < -0.39 is 24.7 Å². The van der Waals surface area contributed by atoms with Crippen LogP contribution in [0.15, 0.2) is 43.2 Å². The molecular formula is C19H21F3N4O2. The van der Waals surface area contributed by atoms with Gasteiger partial charge in [-0.1, -0.05) is 12.6 Å². The molecule has 6 nitrogen and oxygen atoms in total. The predicted molar refractivity (Wildman–Crippen MR) is 97.3 cm³/mol. The minimum absolute atomic E-state index is 0.124. The number of hydrogen-bond donors (Lipinski definition) is 1. The van der Waals surface area contributed by atoms with E-state index in [1.165, 1.54) is 29.4 Å². The van der Waals surface area contributed by atoms with Gasteiger partial charge in [-0.25, -0.2) is 13.2 Å². The van der Waals surface area contributed by atoms with E-state index in [1.54, 1.807) is 6.92 Å². The highest BCUT2D eigenvalue weighted by Crippen LogP contribution is 2.09. The van der Waals surface area contributed by atoms with Crippen molar-refractivity contribution in [2.75, 3.05) is 13.1 Å². The Morgan fingerprint density at radius 1 is 1.39 bits per heavy atom. The monoisotopic (exact) mass is 394 g/mol. The fourth-order valence-corrected chi connectivity index (χ4v) is 2.49. The highest BCUT2D eigenvalue weighted by molar-refractivity contribution is 5.94. The number of hydrogen-bond acceptors (Lipinski definition) is 3. The molecule has 150 valence electrons. The van der Waals surface area contributed by atoms with Crippen molar-refractivity contribution in [1.82, 2.24) is 20.0 Å². The Hall–Kier alpha value is -3.10. The summed E-state index contributed by atoms with van der Waals surface area (Å²) in [4.78, 5) is 25.5. The number of benzene rings is 1. The maximum Gasteiger partial charge on any atom is 0.257 e. The summed E-state index contributed by atoms with van der Waals surface area (Å²) in [5, 5.41) is 6.44. The standard InChI is InChI=1S/C19H21F3N4O2/c1-3-18(27)25(10-14-9-24-26(11-14)12-17(21)22)7-6-23-19(28)15-5-4-13(2)16(20)8-15/h3-5,8-9,11,17H,1,6-7,10,12H2,2H3,(H,23,28). The molecule has 2 rings (SSSR count). The zero-order chi connectivity index (χ0) is 20.7. The summed E-state index contributed by atoms with van der Waals surface area (Å²) in [5.74, 6) is -1.32. The molecule has 0 saturated heterocycles. The number of amides is 2.